The summed E-state index contributed by atoms with van der Waals surface area (Å²) < 4.78 is 41.1. The molecule has 12 heteroatoms. The summed E-state index contributed by atoms with van der Waals surface area (Å²) in [5, 5.41) is 3.85. The number of ether oxygens (including phenoxy) is 2. The summed E-state index contributed by atoms with van der Waals surface area (Å²) in [6, 6.07) is 23.1. The molecular formula is C40H45Cl2N3O6S. The average molecular weight is 767 g/mol. The number of hydrogen-bond donors (Lipinski definition) is 1. The predicted molar refractivity (Wildman–Crippen MR) is 206 cm³/mol. The number of nitrogens with one attached hydrogen (secondary N) is 1. The Morgan fingerprint density at radius 1 is 0.827 bits per heavy atom. The quantitative estimate of drug-likeness (QED) is 0.140. The summed E-state index contributed by atoms with van der Waals surface area (Å²) in [4.78, 5) is 30.7. The van der Waals surface area contributed by atoms with E-state index in [9.17, 15) is 18.0 Å². The fourth-order valence-corrected chi connectivity index (χ4v) is 8.61. The predicted octanol–water partition coefficient (Wildman–Crippen LogP) is 7.91. The van der Waals surface area contributed by atoms with Crippen molar-refractivity contribution >= 4 is 50.7 Å². The van der Waals surface area contributed by atoms with Crippen molar-refractivity contribution in [3.63, 3.8) is 0 Å². The van der Waals surface area contributed by atoms with Crippen molar-refractivity contribution in [1.82, 2.24) is 10.2 Å². The van der Waals surface area contributed by atoms with Gasteiger partial charge in [0.2, 0.25) is 11.8 Å². The third-order valence-corrected chi connectivity index (χ3v) is 11.8. The van der Waals surface area contributed by atoms with Gasteiger partial charge in [-0.1, -0.05) is 84.9 Å². The molecule has 1 aliphatic carbocycles. The Hall–Kier alpha value is -4.25. The summed E-state index contributed by atoms with van der Waals surface area (Å²) in [6.07, 6.45) is 4.99. The Balaban J connectivity index is 1.63. The van der Waals surface area contributed by atoms with E-state index in [1.54, 1.807) is 30.3 Å². The molecule has 0 aliphatic heterocycles. The lowest BCUT2D eigenvalue weighted by Gasteiger charge is -2.35. The van der Waals surface area contributed by atoms with Crippen LogP contribution in [0.15, 0.2) is 89.8 Å². The molecule has 4 aromatic rings. The van der Waals surface area contributed by atoms with Crippen LogP contribution in [0.2, 0.25) is 10.0 Å². The first-order valence-corrected chi connectivity index (χ1v) is 19.5. The van der Waals surface area contributed by atoms with Gasteiger partial charge >= 0.3 is 0 Å². The van der Waals surface area contributed by atoms with E-state index in [1.807, 2.05) is 50.2 Å². The molecule has 0 radical (unpaired) electrons. The molecule has 1 saturated carbocycles. The topological polar surface area (TPSA) is 105 Å². The van der Waals surface area contributed by atoms with E-state index in [-0.39, 0.29) is 35.6 Å². The molecule has 5 rings (SSSR count). The van der Waals surface area contributed by atoms with E-state index < -0.39 is 28.5 Å². The first-order valence-electron chi connectivity index (χ1n) is 17.3. The zero-order valence-electron chi connectivity index (χ0n) is 29.9. The van der Waals surface area contributed by atoms with Crippen molar-refractivity contribution in [1.29, 1.82) is 0 Å². The van der Waals surface area contributed by atoms with Crippen LogP contribution in [0, 0.1) is 13.8 Å². The number of hydrogen-bond acceptors (Lipinski definition) is 6. The van der Waals surface area contributed by atoms with Gasteiger partial charge in [-0.15, -0.1) is 0 Å². The van der Waals surface area contributed by atoms with Gasteiger partial charge in [-0.2, -0.15) is 0 Å². The van der Waals surface area contributed by atoms with Gasteiger partial charge in [0, 0.05) is 40.7 Å². The number of nitrogens with zero attached hydrogens (tertiary/aromatic N) is 2. The maximum Gasteiger partial charge on any atom is 0.264 e. The fourth-order valence-electron chi connectivity index (χ4n) is 6.68. The number of rotatable bonds is 14. The molecule has 276 valence electrons. The summed E-state index contributed by atoms with van der Waals surface area (Å²) >= 11 is 13.3. The molecule has 1 N–H and O–H groups in total. The lowest BCUT2D eigenvalue weighted by atomic mass is 9.94. The third-order valence-electron chi connectivity index (χ3n) is 9.33. The molecule has 0 saturated heterocycles. The van der Waals surface area contributed by atoms with E-state index >= 15 is 0 Å². The zero-order valence-corrected chi connectivity index (χ0v) is 32.2. The van der Waals surface area contributed by atoms with E-state index in [1.165, 1.54) is 37.3 Å². The second-order valence-electron chi connectivity index (χ2n) is 13.1. The standard InChI is InChI=1S/C40H45Cl2N3O6S/c1-27-20-28(2)22-31(21-27)45(52(48,49)32-18-19-37(50-3)38(24-32)51-4)26-39(46)44(25-33-34(41)16-11-17-35(33)42)36(23-29-12-7-5-8-13-29)40(47)43-30-14-9-6-10-15-30/h5,7-8,11-13,16-22,24,30,36H,6,9-10,14-15,23,25-26H2,1-4H3,(H,43,47)/t36-/m1/s1. The molecule has 1 atom stereocenters. The monoisotopic (exact) mass is 765 g/mol. The SMILES string of the molecule is COc1ccc(S(=O)(=O)N(CC(=O)N(Cc2c(Cl)cccc2Cl)[C@H](Cc2ccccc2)C(=O)NC2CCCCC2)c2cc(C)cc(C)c2)cc1OC. The Morgan fingerprint density at radius 3 is 2.08 bits per heavy atom. The van der Waals surface area contributed by atoms with Crippen molar-refractivity contribution in [2.24, 2.45) is 0 Å². The van der Waals surface area contributed by atoms with Crippen molar-refractivity contribution in [3.05, 3.63) is 117 Å². The van der Waals surface area contributed by atoms with Gasteiger partial charge in [-0.05, 0) is 79.8 Å². The van der Waals surface area contributed by atoms with E-state index in [0.29, 0.717) is 27.0 Å². The fraction of sp³-hybridized carbons (Fsp3) is 0.350. The van der Waals surface area contributed by atoms with Crippen molar-refractivity contribution in [2.75, 3.05) is 25.1 Å². The Morgan fingerprint density at radius 2 is 1.46 bits per heavy atom. The molecule has 0 unspecified atom stereocenters. The first-order chi connectivity index (χ1) is 24.9. The van der Waals surface area contributed by atoms with Crippen LogP contribution in [0.5, 0.6) is 11.5 Å². The second kappa shape index (κ2) is 17.5. The zero-order chi connectivity index (χ0) is 37.4. The summed E-state index contributed by atoms with van der Waals surface area (Å²) in [7, 11) is -1.51. The minimum Gasteiger partial charge on any atom is -0.493 e. The summed E-state index contributed by atoms with van der Waals surface area (Å²) in [5.74, 6) is -0.370. The number of aryl methyl sites for hydroxylation is 2. The van der Waals surface area contributed by atoms with Crippen LogP contribution in [0.1, 0.15) is 54.4 Å². The number of sulfonamides is 1. The Kier molecular flexibility index (Phi) is 13.1. The largest absolute Gasteiger partial charge is 0.493 e. The minimum atomic E-state index is -4.39. The number of carbonyl (C=O) groups excluding carboxylic acids is 2. The smallest absolute Gasteiger partial charge is 0.264 e. The van der Waals surface area contributed by atoms with Crippen LogP contribution in [0.25, 0.3) is 0 Å². The van der Waals surface area contributed by atoms with Crippen LogP contribution in [0.3, 0.4) is 0 Å². The summed E-state index contributed by atoms with van der Waals surface area (Å²) in [5.41, 5.74) is 3.19. The molecule has 9 nitrogen and oxygen atoms in total. The maximum atomic E-state index is 15.0. The maximum absolute atomic E-state index is 15.0. The normalized spacial score (nSPS) is 14.0. The van der Waals surface area contributed by atoms with Crippen molar-refractivity contribution < 1.29 is 27.5 Å². The van der Waals surface area contributed by atoms with Crippen molar-refractivity contribution in [2.45, 2.75) is 75.9 Å². The molecule has 1 fully saturated rings. The molecule has 0 bridgehead atoms. The molecule has 52 heavy (non-hydrogen) atoms. The highest BCUT2D eigenvalue weighted by molar-refractivity contribution is 7.92. The van der Waals surface area contributed by atoms with Gasteiger partial charge in [-0.3, -0.25) is 13.9 Å². The van der Waals surface area contributed by atoms with Crippen LogP contribution >= 0.6 is 23.2 Å². The van der Waals surface area contributed by atoms with Crippen LogP contribution in [-0.2, 0) is 32.6 Å². The highest BCUT2D eigenvalue weighted by Crippen LogP contribution is 2.34. The molecule has 1 aliphatic rings. The third kappa shape index (κ3) is 9.40. The Bertz CT molecular complexity index is 1950. The molecule has 4 aromatic carbocycles. The number of amides is 2. The van der Waals surface area contributed by atoms with Crippen LogP contribution in [-0.4, -0.2) is 58.0 Å². The number of anilines is 1. The summed E-state index contributed by atoms with van der Waals surface area (Å²) in [6.45, 7) is 2.96. The molecule has 0 aromatic heterocycles. The van der Waals surface area contributed by atoms with E-state index in [0.717, 1.165) is 53.1 Å². The van der Waals surface area contributed by atoms with Gasteiger partial charge in [0.05, 0.1) is 24.8 Å². The van der Waals surface area contributed by atoms with E-state index in [4.69, 9.17) is 32.7 Å². The van der Waals surface area contributed by atoms with Gasteiger partial charge < -0.3 is 19.7 Å². The van der Waals surface area contributed by atoms with Crippen LogP contribution < -0.4 is 19.1 Å². The highest BCUT2D eigenvalue weighted by Gasteiger charge is 2.36. The molecular weight excluding hydrogens is 721 g/mol. The number of carbonyl (C=O) groups is 2. The average Bonchev–Trinajstić information content (AvgIpc) is 3.13. The molecule has 0 heterocycles. The Labute approximate surface area is 316 Å². The van der Waals surface area contributed by atoms with Gasteiger partial charge in [0.1, 0.15) is 12.6 Å². The molecule has 2 amide bonds. The van der Waals surface area contributed by atoms with Gasteiger partial charge in [0.15, 0.2) is 11.5 Å². The van der Waals surface area contributed by atoms with Gasteiger partial charge in [0.25, 0.3) is 10.0 Å². The molecule has 0 spiro atoms. The lowest BCUT2D eigenvalue weighted by molar-refractivity contribution is -0.140. The number of benzene rings is 4. The second-order valence-corrected chi connectivity index (χ2v) is 15.8. The first kappa shape index (κ1) is 39.0. The van der Waals surface area contributed by atoms with E-state index in [2.05, 4.69) is 5.32 Å². The van der Waals surface area contributed by atoms with Crippen molar-refractivity contribution in [3.8, 4) is 11.5 Å². The number of halogens is 2. The minimum absolute atomic E-state index is 0.0300. The number of methoxy groups -OCH3 is 2. The highest BCUT2D eigenvalue weighted by atomic mass is 35.5. The lowest BCUT2D eigenvalue weighted by Crippen LogP contribution is -2.55. The van der Waals surface area contributed by atoms with Crippen LogP contribution in [0.4, 0.5) is 5.69 Å². The van der Waals surface area contributed by atoms with Gasteiger partial charge in [-0.25, -0.2) is 8.42 Å².